The lowest BCUT2D eigenvalue weighted by Gasteiger charge is -2.33. The number of carbonyl (C=O) groups is 1. The molecule has 0 aromatic carbocycles. The van der Waals surface area contributed by atoms with Crippen LogP contribution < -0.4 is 5.32 Å². The van der Waals surface area contributed by atoms with Crippen LogP contribution in [0, 0.1) is 5.92 Å². The van der Waals surface area contributed by atoms with E-state index in [0.29, 0.717) is 18.6 Å². The molecule has 3 rings (SSSR count). The number of piperidine rings is 1. The van der Waals surface area contributed by atoms with Gasteiger partial charge >= 0.3 is 0 Å². The Kier molecular flexibility index (Phi) is 5.14. The number of amides is 1. The summed E-state index contributed by atoms with van der Waals surface area (Å²) < 4.78 is 5.56. The molecule has 0 radical (unpaired) electrons. The lowest BCUT2D eigenvalue weighted by Crippen LogP contribution is -2.49. The van der Waals surface area contributed by atoms with E-state index in [1.54, 1.807) is 0 Å². The van der Waals surface area contributed by atoms with Crippen LogP contribution in [0.2, 0.25) is 0 Å². The number of fused-ring (bicyclic) bond motifs is 1. The molecular formula is C16H28N2O3. The Hall–Kier alpha value is -0.650. The molecule has 3 aliphatic rings. The van der Waals surface area contributed by atoms with Crippen LogP contribution in [0.15, 0.2) is 0 Å². The van der Waals surface area contributed by atoms with E-state index in [9.17, 15) is 4.79 Å². The van der Waals surface area contributed by atoms with Gasteiger partial charge in [0.25, 0.3) is 0 Å². The van der Waals surface area contributed by atoms with E-state index in [-0.39, 0.29) is 18.8 Å². The summed E-state index contributed by atoms with van der Waals surface area (Å²) in [5.41, 5.74) is 0. The van der Waals surface area contributed by atoms with Crippen molar-refractivity contribution in [1.82, 2.24) is 10.2 Å². The maximum Gasteiger partial charge on any atom is 0.239 e. The standard InChI is InChI=1S/C16H28N2O3/c19-9-10-21-13-5-7-18(8-6-13)16(20)15-11-12-3-1-2-4-14(12)17-15/h12-15,17,19H,1-11H2. The second-order valence-electron chi connectivity index (χ2n) is 6.73. The van der Waals surface area contributed by atoms with E-state index in [0.717, 1.165) is 38.3 Å². The molecule has 5 nitrogen and oxygen atoms in total. The third kappa shape index (κ3) is 3.58. The summed E-state index contributed by atoms with van der Waals surface area (Å²) in [5.74, 6) is 1.02. The molecule has 1 amide bonds. The number of nitrogens with zero attached hydrogens (tertiary/aromatic N) is 1. The summed E-state index contributed by atoms with van der Waals surface area (Å²) in [6.07, 6.45) is 8.20. The fourth-order valence-electron chi connectivity index (χ4n) is 4.19. The quantitative estimate of drug-likeness (QED) is 0.809. The smallest absolute Gasteiger partial charge is 0.239 e. The van der Waals surface area contributed by atoms with Crippen LogP contribution in [0.3, 0.4) is 0 Å². The van der Waals surface area contributed by atoms with Crippen molar-refractivity contribution in [3.05, 3.63) is 0 Å². The Morgan fingerprint density at radius 1 is 1.19 bits per heavy atom. The monoisotopic (exact) mass is 296 g/mol. The van der Waals surface area contributed by atoms with E-state index >= 15 is 0 Å². The Morgan fingerprint density at radius 3 is 2.67 bits per heavy atom. The molecular weight excluding hydrogens is 268 g/mol. The van der Waals surface area contributed by atoms with Gasteiger partial charge in [-0.05, 0) is 38.0 Å². The van der Waals surface area contributed by atoms with Gasteiger partial charge in [-0.2, -0.15) is 0 Å². The zero-order chi connectivity index (χ0) is 14.7. The average molecular weight is 296 g/mol. The molecule has 120 valence electrons. The minimum atomic E-state index is 0.0491. The summed E-state index contributed by atoms with van der Waals surface area (Å²) in [5, 5.41) is 12.4. The van der Waals surface area contributed by atoms with Crippen LogP contribution in [0.5, 0.6) is 0 Å². The Bertz CT molecular complexity index is 341. The van der Waals surface area contributed by atoms with Crippen LogP contribution >= 0.6 is 0 Å². The van der Waals surface area contributed by atoms with Crippen LogP contribution in [0.25, 0.3) is 0 Å². The molecule has 5 heteroatoms. The molecule has 1 aliphatic carbocycles. The highest BCUT2D eigenvalue weighted by atomic mass is 16.5. The number of hydrogen-bond acceptors (Lipinski definition) is 4. The fraction of sp³-hybridized carbons (Fsp3) is 0.938. The topological polar surface area (TPSA) is 61.8 Å². The number of rotatable bonds is 4. The third-order valence-corrected chi connectivity index (χ3v) is 5.36. The summed E-state index contributed by atoms with van der Waals surface area (Å²) in [4.78, 5) is 14.7. The predicted molar refractivity (Wildman–Crippen MR) is 79.9 cm³/mol. The van der Waals surface area contributed by atoms with E-state index in [4.69, 9.17) is 9.84 Å². The molecule has 2 aliphatic heterocycles. The van der Waals surface area contributed by atoms with Gasteiger partial charge in [0.2, 0.25) is 5.91 Å². The van der Waals surface area contributed by atoms with Gasteiger partial charge in [-0.25, -0.2) is 0 Å². The van der Waals surface area contributed by atoms with Crippen molar-refractivity contribution in [3.8, 4) is 0 Å². The minimum Gasteiger partial charge on any atom is -0.394 e. The first-order chi connectivity index (χ1) is 10.3. The molecule has 2 heterocycles. The average Bonchev–Trinajstić information content (AvgIpc) is 2.96. The first kappa shape index (κ1) is 15.3. The van der Waals surface area contributed by atoms with Gasteiger partial charge in [0.1, 0.15) is 0 Å². The third-order valence-electron chi connectivity index (χ3n) is 5.36. The van der Waals surface area contributed by atoms with Gasteiger partial charge in [-0.15, -0.1) is 0 Å². The van der Waals surface area contributed by atoms with Gasteiger partial charge in [0.05, 0.1) is 25.4 Å². The second kappa shape index (κ2) is 7.07. The molecule has 3 fully saturated rings. The Morgan fingerprint density at radius 2 is 1.95 bits per heavy atom. The molecule has 3 atom stereocenters. The number of nitrogens with one attached hydrogen (secondary N) is 1. The molecule has 21 heavy (non-hydrogen) atoms. The van der Waals surface area contributed by atoms with Crippen molar-refractivity contribution in [3.63, 3.8) is 0 Å². The lowest BCUT2D eigenvalue weighted by atomic mass is 9.85. The number of carbonyl (C=O) groups excluding carboxylic acids is 1. The maximum atomic E-state index is 12.6. The van der Waals surface area contributed by atoms with Crippen LogP contribution in [-0.4, -0.2) is 60.4 Å². The van der Waals surface area contributed by atoms with Gasteiger partial charge < -0.3 is 20.1 Å². The second-order valence-corrected chi connectivity index (χ2v) is 6.73. The molecule has 3 unspecified atom stereocenters. The molecule has 2 saturated heterocycles. The van der Waals surface area contributed by atoms with E-state index < -0.39 is 0 Å². The van der Waals surface area contributed by atoms with Gasteiger partial charge in [0, 0.05) is 19.1 Å². The largest absolute Gasteiger partial charge is 0.394 e. The van der Waals surface area contributed by atoms with Crippen molar-refractivity contribution in [1.29, 1.82) is 0 Å². The van der Waals surface area contributed by atoms with Crippen molar-refractivity contribution >= 4 is 5.91 Å². The fourth-order valence-corrected chi connectivity index (χ4v) is 4.19. The molecule has 1 saturated carbocycles. The SMILES string of the molecule is O=C(C1CC2CCCCC2N1)N1CCC(OCCO)CC1. The van der Waals surface area contributed by atoms with E-state index in [2.05, 4.69) is 5.32 Å². The lowest BCUT2D eigenvalue weighted by molar-refractivity contribution is -0.136. The zero-order valence-corrected chi connectivity index (χ0v) is 12.8. The van der Waals surface area contributed by atoms with Gasteiger partial charge in [0.15, 0.2) is 0 Å². The van der Waals surface area contributed by atoms with Crippen LogP contribution in [0.1, 0.15) is 44.9 Å². The molecule has 0 aromatic rings. The van der Waals surface area contributed by atoms with Gasteiger partial charge in [-0.1, -0.05) is 12.8 Å². The molecule has 0 spiro atoms. The number of aliphatic hydroxyl groups excluding tert-OH is 1. The highest BCUT2D eigenvalue weighted by Crippen LogP contribution is 2.34. The summed E-state index contributed by atoms with van der Waals surface area (Å²) in [6.45, 7) is 2.07. The Balaban J connectivity index is 1.46. The molecule has 0 bridgehead atoms. The number of likely N-dealkylation sites (tertiary alicyclic amines) is 1. The van der Waals surface area contributed by atoms with Gasteiger partial charge in [-0.3, -0.25) is 4.79 Å². The highest BCUT2D eigenvalue weighted by molar-refractivity contribution is 5.82. The van der Waals surface area contributed by atoms with Crippen molar-refractivity contribution < 1.29 is 14.6 Å². The van der Waals surface area contributed by atoms with E-state index in [1.807, 2.05) is 4.90 Å². The van der Waals surface area contributed by atoms with Crippen molar-refractivity contribution in [2.45, 2.75) is 63.1 Å². The minimum absolute atomic E-state index is 0.0491. The number of aliphatic hydroxyl groups is 1. The normalized spacial score (nSPS) is 34.0. The first-order valence-corrected chi connectivity index (χ1v) is 8.55. The Labute approximate surface area is 127 Å². The van der Waals surface area contributed by atoms with E-state index in [1.165, 1.54) is 25.7 Å². The maximum absolute atomic E-state index is 12.6. The number of hydrogen-bond donors (Lipinski definition) is 2. The summed E-state index contributed by atoms with van der Waals surface area (Å²) in [6, 6.07) is 0.631. The van der Waals surface area contributed by atoms with Crippen LogP contribution in [0.4, 0.5) is 0 Å². The van der Waals surface area contributed by atoms with Crippen LogP contribution in [-0.2, 0) is 9.53 Å². The number of ether oxygens (including phenoxy) is 1. The predicted octanol–water partition coefficient (Wildman–Crippen LogP) is 0.907. The first-order valence-electron chi connectivity index (χ1n) is 8.55. The summed E-state index contributed by atoms with van der Waals surface area (Å²) in [7, 11) is 0. The highest BCUT2D eigenvalue weighted by Gasteiger charge is 2.40. The van der Waals surface area contributed by atoms with Crippen molar-refractivity contribution in [2.24, 2.45) is 5.92 Å². The van der Waals surface area contributed by atoms with Crippen molar-refractivity contribution in [2.75, 3.05) is 26.3 Å². The molecule has 2 N–H and O–H groups in total. The molecule has 0 aromatic heterocycles. The summed E-state index contributed by atoms with van der Waals surface area (Å²) >= 11 is 0. The zero-order valence-electron chi connectivity index (χ0n) is 12.8.